The maximum atomic E-state index is 8.47. The van der Waals surface area contributed by atoms with Gasteiger partial charge in [0.15, 0.2) is 0 Å². The molecule has 2 aliphatic carbocycles. The first-order valence-electron chi connectivity index (χ1n) is 6.95. The summed E-state index contributed by atoms with van der Waals surface area (Å²) in [7, 11) is 0. The van der Waals surface area contributed by atoms with Gasteiger partial charge in [-0.15, -0.1) is 37.7 Å². The molecule has 0 fully saturated rings. The van der Waals surface area contributed by atoms with Gasteiger partial charge in [0.05, 0.1) is 0 Å². The third kappa shape index (κ3) is 20.6. The van der Waals surface area contributed by atoms with Crippen LogP contribution in [0.25, 0.3) is 0 Å². The first-order valence-corrected chi connectivity index (χ1v) is 12.9. The summed E-state index contributed by atoms with van der Waals surface area (Å²) >= 11 is 1.58. The number of allylic oxidation sites excluding steroid dienone is 8. The van der Waals surface area contributed by atoms with Crippen molar-refractivity contribution < 1.29 is 33.5 Å². The Labute approximate surface area is 178 Å². The van der Waals surface area contributed by atoms with Crippen LogP contribution in [0.5, 0.6) is 0 Å². The van der Waals surface area contributed by atoms with Gasteiger partial charge in [-0.05, 0) is 12.8 Å². The van der Waals surface area contributed by atoms with Crippen molar-refractivity contribution in [1.82, 2.24) is 0 Å². The maximum absolute atomic E-state index is 8.47. The zero-order valence-electron chi connectivity index (χ0n) is 14.9. The minimum absolute atomic E-state index is 0. The molecule has 2 nitrogen and oxygen atoms in total. The van der Waals surface area contributed by atoms with Crippen LogP contribution in [0.2, 0.25) is 0 Å². The zero-order valence-corrected chi connectivity index (χ0v) is 20.4. The van der Waals surface area contributed by atoms with Gasteiger partial charge < -0.3 is 25.1 Å². The van der Waals surface area contributed by atoms with Crippen LogP contribution in [-0.4, -0.2) is 30.3 Å². The van der Waals surface area contributed by atoms with Gasteiger partial charge in [0, 0.05) is 13.2 Å². The summed E-state index contributed by atoms with van der Waals surface area (Å²) in [4.78, 5) is 0. The second kappa shape index (κ2) is 28.4. The molecule has 0 saturated heterocycles. The van der Waals surface area contributed by atoms with Crippen LogP contribution in [0.1, 0.15) is 38.5 Å². The van der Waals surface area contributed by atoms with E-state index < -0.39 is 0 Å². The second-order valence-electron chi connectivity index (χ2n) is 4.32. The van der Waals surface area contributed by atoms with E-state index in [4.69, 9.17) is 10.2 Å². The van der Waals surface area contributed by atoms with E-state index in [1.807, 2.05) is 19.0 Å². The summed E-state index contributed by atoms with van der Waals surface area (Å²) < 4.78 is 0. The Balaban J connectivity index is -0.0000000789. The molecule has 0 spiro atoms. The second-order valence-corrected chi connectivity index (χ2v) is 4.32. The topological polar surface area (TPSA) is 40.5 Å². The molecule has 0 aromatic rings. The minimum atomic E-state index is 0. The fourth-order valence-electron chi connectivity index (χ4n) is 1.79. The average Bonchev–Trinajstić information content (AvgIpc) is 3.19. The summed E-state index contributed by atoms with van der Waals surface area (Å²) in [5, 5.41) is 16.9. The number of hydrogen-bond acceptors (Lipinski definition) is 2. The Morgan fingerprint density at radius 2 is 1.17 bits per heavy atom. The monoisotopic (exact) mass is 468 g/mol. The number of hydrogen-bond donors (Lipinski definition) is 2. The molecule has 0 amide bonds. The van der Waals surface area contributed by atoms with Gasteiger partial charge in [-0.2, -0.15) is 12.2 Å². The predicted molar refractivity (Wildman–Crippen MR) is 110 cm³/mol. The van der Waals surface area contributed by atoms with E-state index in [2.05, 4.69) is 24.3 Å². The van der Waals surface area contributed by atoms with Crippen molar-refractivity contribution in [3.63, 3.8) is 0 Å². The number of rotatable bonds is 6. The third-order valence-corrected chi connectivity index (χ3v) is 2.79. The molecule has 0 aromatic carbocycles. The van der Waals surface area contributed by atoms with E-state index in [-0.39, 0.29) is 39.7 Å². The molecule has 0 aromatic heterocycles. The molecule has 24 heavy (non-hydrogen) atoms. The Morgan fingerprint density at radius 1 is 0.833 bits per heavy atom. The molecule has 0 heterocycles. The Kier molecular flexibility index (Phi) is 42.1. The molecule has 6 heteroatoms. The van der Waals surface area contributed by atoms with E-state index in [1.54, 1.807) is 23.3 Å². The molecule has 0 unspecified atom stereocenters. The first-order chi connectivity index (χ1) is 9.86. The van der Waals surface area contributed by atoms with Crippen molar-refractivity contribution in [3.05, 3.63) is 62.5 Å². The van der Waals surface area contributed by atoms with Gasteiger partial charge in [0.1, 0.15) is 0 Å². The number of halogens is 2. The summed E-state index contributed by atoms with van der Waals surface area (Å²) in [6, 6.07) is 0. The van der Waals surface area contributed by atoms with Gasteiger partial charge >= 0.3 is 30.2 Å². The fourth-order valence-corrected chi connectivity index (χ4v) is 1.79. The van der Waals surface area contributed by atoms with Crippen molar-refractivity contribution in [1.29, 1.82) is 0 Å². The normalized spacial score (nSPS) is 12.4. The molecule has 0 radical (unpaired) electrons. The van der Waals surface area contributed by atoms with Gasteiger partial charge in [-0.3, -0.25) is 12.2 Å². The van der Waals surface area contributed by atoms with E-state index in [0.29, 0.717) is 13.2 Å². The van der Waals surface area contributed by atoms with Gasteiger partial charge in [-0.25, -0.2) is 23.3 Å². The summed E-state index contributed by atoms with van der Waals surface area (Å²) in [6.07, 6.45) is 20.2. The van der Waals surface area contributed by atoms with Crippen molar-refractivity contribution in [3.8, 4) is 0 Å². The van der Waals surface area contributed by atoms with Gasteiger partial charge in [-0.1, -0.05) is 12.8 Å². The molecule has 0 saturated carbocycles. The molecule has 142 valence electrons. The Morgan fingerprint density at radius 3 is 1.38 bits per heavy atom. The van der Waals surface area contributed by atoms with E-state index >= 15 is 0 Å². The third-order valence-electron chi connectivity index (χ3n) is 2.79. The van der Waals surface area contributed by atoms with Crippen LogP contribution in [0.4, 0.5) is 0 Å². The van der Waals surface area contributed by atoms with Crippen LogP contribution in [-0.2, 0) is 23.3 Å². The van der Waals surface area contributed by atoms with E-state index in [9.17, 15) is 0 Å². The summed E-state index contributed by atoms with van der Waals surface area (Å²) in [5.41, 5.74) is 2.65. The molecule has 0 atom stereocenters. The van der Waals surface area contributed by atoms with Crippen molar-refractivity contribution in [2.75, 3.05) is 13.2 Å². The summed E-state index contributed by atoms with van der Waals surface area (Å²) in [6.45, 7) is 2.54. The zero-order chi connectivity index (χ0) is 15.1. The standard InChI is InChI=1S/2C8H11O.2CH3.2ClH.H2Si.Zr/c2*9-7-3-6-8-4-1-2-5-8;;;;;;/h2*4-5,9H,1,3,6-7H2;2*1H3;2*1H;1H2;/q4*-1;;;;. The van der Waals surface area contributed by atoms with Gasteiger partial charge in [0.2, 0.25) is 0 Å². The molecular formula is C18H32Cl2O2SiZr-4. The van der Waals surface area contributed by atoms with Crippen LogP contribution in [0.15, 0.2) is 35.5 Å². The van der Waals surface area contributed by atoms with Crippen LogP contribution in [0.3, 0.4) is 0 Å². The summed E-state index contributed by atoms with van der Waals surface area (Å²) in [5.74, 6) is 0. The molecule has 0 bridgehead atoms. The van der Waals surface area contributed by atoms with Crippen molar-refractivity contribution in [2.45, 2.75) is 38.5 Å². The first kappa shape index (κ1) is 35.6. The number of aliphatic hydroxyl groups excluding tert-OH is 2. The predicted octanol–water partition coefficient (Wildman–Crippen LogP) is 3.72. The number of aliphatic hydroxyl groups is 2. The molecule has 0 aliphatic heterocycles. The fraction of sp³-hybridized carbons (Fsp3) is 0.444. The quantitative estimate of drug-likeness (QED) is 0.459. The molecule has 2 aliphatic rings. The van der Waals surface area contributed by atoms with Crippen molar-refractivity contribution >= 4 is 31.7 Å². The van der Waals surface area contributed by atoms with E-state index in [1.165, 1.54) is 11.1 Å². The average molecular weight is 471 g/mol. The van der Waals surface area contributed by atoms with Crippen molar-refractivity contribution in [2.24, 2.45) is 0 Å². The molecule has 2 rings (SSSR count). The van der Waals surface area contributed by atoms with Crippen LogP contribution in [0, 0.1) is 27.0 Å². The van der Waals surface area contributed by atoms with E-state index in [0.717, 1.165) is 38.5 Å². The van der Waals surface area contributed by atoms with Gasteiger partial charge in [0.25, 0.3) is 0 Å². The Hall–Kier alpha value is 0.560. The SMILES string of the molecule is Cl.Cl.OCCCC1=CC[C-]=C1.OCCCC1=CC[C-]=C1.[CH3-].[CH3-].[SiH2]=[Zr]. The van der Waals surface area contributed by atoms with Crippen LogP contribution < -0.4 is 0 Å². The molecular weight excluding hydrogens is 438 g/mol. The van der Waals surface area contributed by atoms with Crippen LogP contribution >= 0.6 is 24.8 Å². The molecule has 2 N–H and O–H groups in total. The Bertz CT molecular complexity index is 336.